The number of likely N-dealkylation sites (tertiary alicyclic amines) is 1. The van der Waals surface area contributed by atoms with Crippen LogP contribution in [0.5, 0.6) is 0 Å². The van der Waals surface area contributed by atoms with Crippen molar-refractivity contribution in [2.75, 3.05) is 19.7 Å². The highest BCUT2D eigenvalue weighted by molar-refractivity contribution is 8.02. The Balaban J connectivity index is 2.00. The number of amides is 2. The third-order valence-corrected chi connectivity index (χ3v) is 8.31. The molecule has 156 valence electrons. The summed E-state index contributed by atoms with van der Waals surface area (Å²) in [5, 5.41) is 18.8. The number of aliphatic hydroxyl groups excluding tert-OH is 1. The minimum absolute atomic E-state index is 0.0262. The van der Waals surface area contributed by atoms with Gasteiger partial charge in [-0.15, -0.1) is 18.3 Å². The van der Waals surface area contributed by atoms with Gasteiger partial charge in [-0.1, -0.05) is 6.08 Å². The molecule has 3 rings (SSSR count). The van der Waals surface area contributed by atoms with Crippen LogP contribution in [0, 0.1) is 11.8 Å². The molecule has 28 heavy (non-hydrogen) atoms. The topological polar surface area (TPSA) is 98.2 Å². The lowest BCUT2D eigenvalue weighted by Gasteiger charge is -2.38. The summed E-state index contributed by atoms with van der Waals surface area (Å²) < 4.78 is -0.657. The van der Waals surface area contributed by atoms with E-state index in [4.69, 9.17) is 5.11 Å². The minimum atomic E-state index is -0.937. The molecule has 0 saturated carbocycles. The first kappa shape index (κ1) is 21.2. The standard InChI is InChI=1S/C20H30N2O5S/c1-4-9-21(12(2)3)18(25)16-20-8-7-13(28-20)14(19(26)27)15(20)17(24)22(16)10-5-6-11-23/h4,12-16,23H,1,5-11H2,2-3H3,(H,26,27)/t13-,14+,15-,16?,20?/m0/s1. The first-order valence-corrected chi connectivity index (χ1v) is 10.9. The number of carbonyl (C=O) groups excluding carboxylic acids is 2. The van der Waals surface area contributed by atoms with E-state index in [1.165, 1.54) is 0 Å². The molecule has 0 aromatic heterocycles. The lowest BCUT2D eigenvalue weighted by Crippen LogP contribution is -2.56. The number of hydrogen-bond acceptors (Lipinski definition) is 5. The van der Waals surface area contributed by atoms with Gasteiger partial charge in [-0.05, 0) is 39.5 Å². The van der Waals surface area contributed by atoms with Gasteiger partial charge in [-0.2, -0.15) is 0 Å². The summed E-state index contributed by atoms with van der Waals surface area (Å²) in [5.41, 5.74) is 0. The summed E-state index contributed by atoms with van der Waals surface area (Å²) in [7, 11) is 0. The smallest absolute Gasteiger partial charge is 0.308 e. The van der Waals surface area contributed by atoms with E-state index in [0.29, 0.717) is 32.4 Å². The van der Waals surface area contributed by atoms with Crippen LogP contribution < -0.4 is 0 Å². The largest absolute Gasteiger partial charge is 0.481 e. The molecule has 0 radical (unpaired) electrons. The predicted molar refractivity (Wildman–Crippen MR) is 107 cm³/mol. The summed E-state index contributed by atoms with van der Waals surface area (Å²) in [5.74, 6) is -2.63. The van der Waals surface area contributed by atoms with Crippen molar-refractivity contribution >= 4 is 29.5 Å². The Hall–Kier alpha value is -1.54. The number of hydrogen-bond donors (Lipinski definition) is 2. The number of carbonyl (C=O) groups is 3. The molecule has 8 heteroatoms. The predicted octanol–water partition coefficient (Wildman–Crippen LogP) is 1.36. The zero-order valence-corrected chi connectivity index (χ0v) is 17.4. The fourth-order valence-corrected chi connectivity index (χ4v) is 7.41. The van der Waals surface area contributed by atoms with E-state index in [1.54, 1.807) is 27.6 Å². The maximum absolute atomic E-state index is 13.6. The fraction of sp³-hybridized carbons (Fsp3) is 0.750. The molecule has 3 aliphatic heterocycles. The van der Waals surface area contributed by atoms with Gasteiger partial charge < -0.3 is 20.0 Å². The van der Waals surface area contributed by atoms with E-state index in [1.807, 2.05) is 13.8 Å². The maximum atomic E-state index is 13.6. The molecule has 0 aromatic carbocycles. The second-order valence-corrected chi connectivity index (χ2v) is 9.83. The van der Waals surface area contributed by atoms with E-state index < -0.39 is 28.6 Å². The van der Waals surface area contributed by atoms with Crippen LogP contribution in [-0.4, -0.2) is 79.6 Å². The van der Waals surface area contributed by atoms with Crippen LogP contribution >= 0.6 is 11.8 Å². The average Bonchev–Trinajstić information content (AvgIpc) is 3.27. The third kappa shape index (κ3) is 3.14. The van der Waals surface area contributed by atoms with E-state index in [2.05, 4.69) is 6.58 Å². The second kappa shape index (κ2) is 8.06. The van der Waals surface area contributed by atoms with Crippen LogP contribution in [0.25, 0.3) is 0 Å². The van der Waals surface area contributed by atoms with Crippen LogP contribution in [0.4, 0.5) is 0 Å². The highest BCUT2D eigenvalue weighted by atomic mass is 32.2. The molecule has 3 heterocycles. The van der Waals surface area contributed by atoms with E-state index >= 15 is 0 Å². The monoisotopic (exact) mass is 410 g/mol. The Labute approximate surface area is 170 Å². The van der Waals surface area contributed by atoms with Gasteiger partial charge in [0.1, 0.15) is 6.04 Å². The lowest BCUT2D eigenvalue weighted by molar-refractivity contribution is -0.148. The van der Waals surface area contributed by atoms with E-state index in [9.17, 15) is 19.5 Å². The Bertz CT molecular complexity index is 669. The molecular weight excluding hydrogens is 380 g/mol. The number of rotatable bonds is 9. The van der Waals surface area contributed by atoms with Crippen LogP contribution in [0.3, 0.4) is 0 Å². The average molecular weight is 411 g/mol. The van der Waals surface area contributed by atoms with Gasteiger partial charge in [0, 0.05) is 31.0 Å². The molecule has 2 bridgehead atoms. The molecule has 3 aliphatic rings. The molecule has 3 saturated heterocycles. The fourth-order valence-electron chi connectivity index (χ4n) is 5.20. The highest BCUT2D eigenvalue weighted by Crippen LogP contribution is 2.66. The van der Waals surface area contributed by atoms with Gasteiger partial charge in [-0.25, -0.2) is 0 Å². The van der Waals surface area contributed by atoms with Crippen molar-refractivity contribution < 1.29 is 24.6 Å². The van der Waals surface area contributed by atoms with Crippen molar-refractivity contribution in [3.8, 4) is 0 Å². The van der Waals surface area contributed by atoms with Crippen LogP contribution in [-0.2, 0) is 14.4 Å². The summed E-state index contributed by atoms with van der Waals surface area (Å²) >= 11 is 1.55. The van der Waals surface area contributed by atoms with Gasteiger partial charge in [0.15, 0.2) is 0 Å². The molecule has 0 aromatic rings. The van der Waals surface area contributed by atoms with Crippen LogP contribution in [0.2, 0.25) is 0 Å². The summed E-state index contributed by atoms with van der Waals surface area (Å²) in [6.07, 6.45) is 4.22. The van der Waals surface area contributed by atoms with Crippen LogP contribution in [0.1, 0.15) is 39.5 Å². The van der Waals surface area contributed by atoms with Gasteiger partial charge in [0.25, 0.3) is 0 Å². The van der Waals surface area contributed by atoms with Gasteiger partial charge >= 0.3 is 5.97 Å². The van der Waals surface area contributed by atoms with Gasteiger partial charge in [0.05, 0.1) is 16.6 Å². The number of aliphatic hydroxyl groups is 1. The number of fused-ring (bicyclic) bond motifs is 1. The number of thioether (sulfide) groups is 1. The first-order chi connectivity index (χ1) is 13.3. The molecular formula is C20H30N2O5S. The number of carboxylic acid groups (broad SMARTS) is 1. The van der Waals surface area contributed by atoms with Crippen LogP contribution in [0.15, 0.2) is 12.7 Å². The SMILES string of the molecule is C=CCN(C(=O)C1N(CCCCO)C(=O)[C@@H]2[C@H](C(=O)O)[C@@H]3CCC12S3)C(C)C. The van der Waals surface area contributed by atoms with E-state index in [0.717, 1.165) is 6.42 Å². The van der Waals surface area contributed by atoms with Crippen molar-refractivity contribution in [3.05, 3.63) is 12.7 Å². The Kier molecular flexibility index (Phi) is 6.10. The molecule has 7 nitrogen and oxygen atoms in total. The van der Waals surface area contributed by atoms with Gasteiger partial charge in [0.2, 0.25) is 11.8 Å². The number of aliphatic carboxylic acids is 1. The van der Waals surface area contributed by atoms with E-state index in [-0.39, 0.29) is 29.7 Å². The van der Waals surface area contributed by atoms with Crippen molar-refractivity contribution in [1.29, 1.82) is 0 Å². The quantitative estimate of drug-likeness (QED) is 0.440. The zero-order chi connectivity index (χ0) is 20.6. The molecule has 5 atom stereocenters. The molecule has 1 spiro atoms. The second-order valence-electron chi connectivity index (χ2n) is 8.23. The lowest BCUT2D eigenvalue weighted by atomic mass is 9.71. The first-order valence-electron chi connectivity index (χ1n) is 10.0. The summed E-state index contributed by atoms with van der Waals surface area (Å²) in [6.45, 7) is 8.40. The molecule has 0 aliphatic carbocycles. The van der Waals surface area contributed by atoms with Crippen molar-refractivity contribution in [2.45, 2.75) is 61.6 Å². The van der Waals surface area contributed by atoms with Crippen molar-refractivity contribution in [2.24, 2.45) is 11.8 Å². The molecule has 3 fully saturated rings. The normalized spacial score (nSPS) is 33.4. The minimum Gasteiger partial charge on any atom is -0.481 e. The Morgan fingerprint density at radius 3 is 2.71 bits per heavy atom. The third-order valence-electron chi connectivity index (χ3n) is 6.36. The molecule has 2 unspecified atom stereocenters. The highest BCUT2D eigenvalue weighted by Gasteiger charge is 2.73. The molecule has 2 N–H and O–H groups in total. The number of carboxylic acids is 1. The number of unbranched alkanes of at least 4 members (excludes halogenated alkanes) is 1. The van der Waals surface area contributed by atoms with Gasteiger partial charge in [-0.3, -0.25) is 14.4 Å². The number of nitrogens with zero attached hydrogens (tertiary/aromatic N) is 2. The van der Waals surface area contributed by atoms with Crippen molar-refractivity contribution in [1.82, 2.24) is 9.80 Å². The Morgan fingerprint density at radius 2 is 2.14 bits per heavy atom. The zero-order valence-electron chi connectivity index (χ0n) is 16.5. The maximum Gasteiger partial charge on any atom is 0.308 e. The summed E-state index contributed by atoms with van der Waals surface area (Å²) in [4.78, 5) is 42.3. The van der Waals surface area contributed by atoms with Crippen molar-refractivity contribution in [3.63, 3.8) is 0 Å². The Morgan fingerprint density at radius 1 is 1.43 bits per heavy atom. The molecule has 2 amide bonds. The summed E-state index contributed by atoms with van der Waals surface area (Å²) in [6, 6.07) is -0.695.